The van der Waals surface area contributed by atoms with Crippen molar-refractivity contribution in [1.82, 2.24) is 10.3 Å². The maximum absolute atomic E-state index is 11.8. The van der Waals surface area contributed by atoms with Crippen molar-refractivity contribution in [1.29, 1.82) is 0 Å². The van der Waals surface area contributed by atoms with Crippen LogP contribution in [0.3, 0.4) is 0 Å². The van der Waals surface area contributed by atoms with E-state index < -0.39 is 6.10 Å². The van der Waals surface area contributed by atoms with Crippen molar-refractivity contribution in [2.24, 2.45) is 11.7 Å². The van der Waals surface area contributed by atoms with Crippen LogP contribution in [-0.2, 0) is 11.2 Å². The van der Waals surface area contributed by atoms with Gasteiger partial charge in [-0.3, -0.25) is 4.79 Å². The fourth-order valence-corrected chi connectivity index (χ4v) is 2.76. The van der Waals surface area contributed by atoms with Gasteiger partial charge in [-0.05, 0) is 12.8 Å². The Bertz CT molecular complexity index is 422. The lowest BCUT2D eigenvalue weighted by atomic mass is 10.1. The van der Waals surface area contributed by atoms with Gasteiger partial charge in [0.1, 0.15) is 0 Å². The highest BCUT2D eigenvalue weighted by molar-refractivity contribution is 7.13. The SMILES string of the molecule is Cl.Cl.Nc1nc(CCNC(=O)[C@H]2C[C@@H](N)[C@H](O)C2)cs1. The van der Waals surface area contributed by atoms with Crippen LogP contribution >= 0.6 is 36.2 Å². The van der Waals surface area contributed by atoms with Gasteiger partial charge in [0.05, 0.1) is 11.8 Å². The van der Waals surface area contributed by atoms with Gasteiger partial charge < -0.3 is 21.9 Å². The summed E-state index contributed by atoms with van der Waals surface area (Å²) < 4.78 is 0. The van der Waals surface area contributed by atoms with E-state index in [2.05, 4.69) is 10.3 Å². The van der Waals surface area contributed by atoms with Crippen molar-refractivity contribution in [2.75, 3.05) is 12.3 Å². The molecule has 20 heavy (non-hydrogen) atoms. The number of aliphatic hydroxyl groups is 1. The van der Waals surface area contributed by atoms with E-state index in [1.807, 2.05) is 5.38 Å². The molecule has 0 bridgehead atoms. The number of nitrogens with one attached hydrogen (secondary N) is 1. The molecule has 0 spiro atoms. The molecule has 0 radical (unpaired) electrons. The minimum absolute atomic E-state index is 0. The average molecular weight is 343 g/mol. The third kappa shape index (κ3) is 5.06. The van der Waals surface area contributed by atoms with E-state index >= 15 is 0 Å². The molecule has 0 saturated heterocycles. The quantitative estimate of drug-likeness (QED) is 0.629. The highest BCUT2D eigenvalue weighted by Gasteiger charge is 2.34. The van der Waals surface area contributed by atoms with E-state index in [4.69, 9.17) is 11.5 Å². The number of hydrogen-bond acceptors (Lipinski definition) is 6. The molecule has 1 saturated carbocycles. The van der Waals surface area contributed by atoms with Gasteiger partial charge >= 0.3 is 0 Å². The molecule has 3 atom stereocenters. The van der Waals surface area contributed by atoms with Crippen molar-refractivity contribution >= 4 is 47.2 Å². The van der Waals surface area contributed by atoms with E-state index in [-0.39, 0.29) is 42.7 Å². The molecule has 0 aromatic carbocycles. The number of amides is 1. The Kier molecular flexibility index (Phi) is 8.38. The van der Waals surface area contributed by atoms with E-state index in [1.165, 1.54) is 11.3 Å². The van der Waals surface area contributed by atoms with Crippen LogP contribution in [0, 0.1) is 5.92 Å². The lowest BCUT2D eigenvalue weighted by Crippen LogP contribution is -2.32. The van der Waals surface area contributed by atoms with E-state index in [9.17, 15) is 9.90 Å². The maximum atomic E-state index is 11.8. The number of nitrogens with zero attached hydrogens (tertiary/aromatic N) is 1. The molecule has 1 aliphatic carbocycles. The zero-order valence-corrected chi connectivity index (χ0v) is 13.3. The maximum Gasteiger partial charge on any atom is 0.223 e. The Morgan fingerprint density at radius 1 is 1.50 bits per heavy atom. The number of aromatic nitrogens is 1. The molecule has 6 N–H and O–H groups in total. The smallest absolute Gasteiger partial charge is 0.223 e. The van der Waals surface area contributed by atoms with Crippen LogP contribution in [0.1, 0.15) is 18.5 Å². The molecule has 1 amide bonds. The van der Waals surface area contributed by atoms with Gasteiger partial charge in [-0.25, -0.2) is 4.98 Å². The number of aliphatic hydroxyl groups excluding tert-OH is 1. The molecule has 0 unspecified atom stereocenters. The predicted molar refractivity (Wildman–Crippen MR) is 84.4 cm³/mol. The first-order chi connectivity index (χ1) is 8.56. The summed E-state index contributed by atoms with van der Waals surface area (Å²) in [5, 5.41) is 14.8. The van der Waals surface area contributed by atoms with Crippen molar-refractivity contribution in [3.8, 4) is 0 Å². The van der Waals surface area contributed by atoms with Gasteiger partial charge in [0.2, 0.25) is 5.91 Å². The third-order valence-corrected chi connectivity index (χ3v) is 3.92. The van der Waals surface area contributed by atoms with E-state index in [1.54, 1.807) is 0 Å². The van der Waals surface area contributed by atoms with Crippen LogP contribution in [0.2, 0.25) is 0 Å². The van der Waals surface area contributed by atoms with Crippen LogP contribution in [0.4, 0.5) is 5.13 Å². The molecule has 1 aliphatic rings. The van der Waals surface area contributed by atoms with Gasteiger partial charge in [-0.15, -0.1) is 36.2 Å². The monoisotopic (exact) mass is 342 g/mol. The molecule has 1 fully saturated rings. The molecule has 2 rings (SSSR count). The van der Waals surface area contributed by atoms with Crippen molar-refractivity contribution in [2.45, 2.75) is 31.4 Å². The van der Waals surface area contributed by atoms with Gasteiger partial charge in [-0.1, -0.05) is 0 Å². The van der Waals surface area contributed by atoms with Crippen molar-refractivity contribution < 1.29 is 9.90 Å². The zero-order valence-electron chi connectivity index (χ0n) is 10.8. The molecular weight excluding hydrogens is 323 g/mol. The normalized spacial score (nSPS) is 24.6. The lowest BCUT2D eigenvalue weighted by molar-refractivity contribution is -0.125. The Balaban J connectivity index is 0.00000180. The fraction of sp³-hybridized carbons (Fsp3) is 0.636. The second-order valence-corrected chi connectivity index (χ2v) is 5.51. The van der Waals surface area contributed by atoms with Crippen LogP contribution in [-0.4, -0.2) is 34.7 Å². The fourth-order valence-electron chi connectivity index (χ4n) is 2.16. The number of halogens is 2. The molecule has 1 heterocycles. The van der Waals surface area contributed by atoms with Crippen LogP contribution < -0.4 is 16.8 Å². The standard InChI is InChI=1S/C11H18N4O2S.2ClH/c12-8-3-6(4-9(8)16)10(17)14-2-1-7-5-18-11(13)15-7;;/h5-6,8-9,16H,1-4,12H2,(H2,13,15)(H,14,17);2*1H/t6-,8+,9+;;/m0../s1. The van der Waals surface area contributed by atoms with Crippen LogP contribution in [0.25, 0.3) is 0 Å². The summed E-state index contributed by atoms with van der Waals surface area (Å²) >= 11 is 1.39. The number of nitrogen functional groups attached to an aromatic ring is 1. The summed E-state index contributed by atoms with van der Waals surface area (Å²) in [5.41, 5.74) is 12.1. The second kappa shape index (κ2) is 8.63. The minimum Gasteiger partial charge on any atom is -0.391 e. The molecule has 116 valence electrons. The lowest BCUT2D eigenvalue weighted by Gasteiger charge is -2.09. The summed E-state index contributed by atoms with van der Waals surface area (Å²) in [6, 6.07) is -0.279. The first-order valence-electron chi connectivity index (χ1n) is 5.97. The Morgan fingerprint density at radius 2 is 2.20 bits per heavy atom. The first-order valence-corrected chi connectivity index (χ1v) is 6.85. The van der Waals surface area contributed by atoms with E-state index in [0.717, 1.165) is 5.69 Å². The van der Waals surface area contributed by atoms with Crippen molar-refractivity contribution in [3.05, 3.63) is 11.1 Å². The zero-order chi connectivity index (χ0) is 13.1. The second-order valence-electron chi connectivity index (χ2n) is 4.62. The Labute approximate surface area is 134 Å². The number of nitrogens with two attached hydrogens (primary N) is 2. The average Bonchev–Trinajstić information content (AvgIpc) is 2.87. The molecule has 1 aromatic rings. The van der Waals surface area contributed by atoms with Gasteiger partial charge in [-0.2, -0.15) is 0 Å². The predicted octanol–water partition coefficient (Wildman–Crippen LogP) is 0.326. The van der Waals surface area contributed by atoms with Gasteiger partial charge in [0.15, 0.2) is 5.13 Å². The molecule has 1 aromatic heterocycles. The van der Waals surface area contributed by atoms with Crippen molar-refractivity contribution in [3.63, 3.8) is 0 Å². The highest BCUT2D eigenvalue weighted by Crippen LogP contribution is 2.24. The van der Waals surface area contributed by atoms with Crippen LogP contribution in [0.5, 0.6) is 0 Å². The topological polar surface area (TPSA) is 114 Å². The molecule has 9 heteroatoms. The summed E-state index contributed by atoms with van der Waals surface area (Å²) in [5.74, 6) is -0.208. The largest absolute Gasteiger partial charge is 0.391 e. The molecule has 6 nitrogen and oxygen atoms in total. The summed E-state index contributed by atoms with van der Waals surface area (Å²) in [7, 11) is 0. The van der Waals surface area contributed by atoms with E-state index in [0.29, 0.717) is 30.9 Å². The summed E-state index contributed by atoms with van der Waals surface area (Å²) in [6.45, 7) is 0.532. The minimum atomic E-state index is -0.556. The molecular formula is C11H20Cl2N4O2S. The van der Waals surface area contributed by atoms with Gasteiger partial charge in [0.25, 0.3) is 0 Å². The number of thiazole rings is 1. The third-order valence-electron chi connectivity index (χ3n) is 3.20. The highest BCUT2D eigenvalue weighted by atomic mass is 35.5. The van der Waals surface area contributed by atoms with Crippen LogP contribution in [0.15, 0.2) is 5.38 Å². The Hall–Kier alpha value is -0.600. The number of carbonyl (C=O) groups is 1. The van der Waals surface area contributed by atoms with Gasteiger partial charge in [0, 0.05) is 30.3 Å². The molecule has 0 aliphatic heterocycles. The number of hydrogen-bond donors (Lipinski definition) is 4. The number of carbonyl (C=O) groups excluding carboxylic acids is 1. The Morgan fingerprint density at radius 3 is 2.70 bits per heavy atom. The number of rotatable bonds is 4. The summed E-state index contributed by atoms with van der Waals surface area (Å²) in [4.78, 5) is 15.9. The first kappa shape index (κ1) is 19.4. The summed E-state index contributed by atoms with van der Waals surface area (Å²) in [6.07, 6.45) is 1.12. The number of anilines is 1.